The normalized spacial score (nSPS) is 17.4. The van der Waals surface area contributed by atoms with Crippen LogP contribution in [0.1, 0.15) is 79.6 Å². The van der Waals surface area contributed by atoms with Crippen LogP contribution in [0.15, 0.2) is 59.9 Å². The van der Waals surface area contributed by atoms with Crippen molar-refractivity contribution in [3.05, 3.63) is 59.9 Å². The second-order valence-electron chi connectivity index (χ2n) is 6.14. The van der Waals surface area contributed by atoms with E-state index in [1.54, 1.807) is 12.2 Å². The third-order valence-corrected chi connectivity index (χ3v) is 4.23. The van der Waals surface area contributed by atoms with Gasteiger partial charge in [0.25, 0.3) is 0 Å². The predicted octanol–water partition coefficient (Wildman–Crippen LogP) is 7.39. The monoisotopic (exact) mass is 373 g/mol. The first-order valence-electron chi connectivity index (χ1n) is 10.6. The number of ether oxygens (including phenoxy) is 1. The molecule has 0 unspecified atom stereocenters. The maximum Gasteiger partial charge on any atom is 0.412 e. The number of hydrogen-bond acceptors (Lipinski definition) is 2. The third-order valence-electron chi connectivity index (χ3n) is 4.23. The molecule has 0 radical (unpaired) electrons. The topological polar surface area (TPSA) is 38.3 Å². The number of alkyl carbamates (subject to hydrolysis) is 1. The van der Waals surface area contributed by atoms with Gasteiger partial charge in [-0.05, 0) is 55.9 Å². The van der Waals surface area contributed by atoms with Gasteiger partial charge in [0.1, 0.15) is 5.76 Å². The lowest BCUT2D eigenvalue weighted by atomic mass is 9.96. The average molecular weight is 374 g/mol. The fraction of sp³-hybridized carbons (Fsp3) is 0.542. The molecule has 0 aromatic rings. The Balaban J connectivity index is 0.00000158. The van der Waals surface area contributed by atoms with Crippen LogP contribution in [0.3, 0.4) is 0 Å². The van der Waals surface area contributed by atoms with E-state index in [9.17, 15) is 4.79 Å². The van der Waals surface area contributed by atoms with Gasteiger partial charge in [-0.15, -0.1) is 0 Å². The summed E-state index contributed by atoms with van der Waals surface area (Å²) in [6.45, 7) is 13.7. The molecule has 0 heterocycles. The van der Waals surface area contributed by atoms with Crippen molar-refractivity contribution in [1.29, 1.82) is 0 Å². The van der Waals surface area contributed by atoms with E-state index in [1.165, 1.54) is 24.8 Å². The third kappa shape index (κ3) is 10.6. The Labute approximate surface area is 167 Å². The molecule has 1 N–H and O–H groups in total. The minimum Gasteiger partial charge on any atom is -0.410 e. The second-order valence-corrected chi connectivity index (χ2v) is 6.14. The Hall–Kier alpha value is -2.03. The molecule has 1 amide bonds. The molecular formula is C24H39NO2. The van der Waals surface area contributed by atoms with E-state index in [4.69, 9.17) is 4.74 Å². The van der Waals surface area contributed by atoms with Gasteiger partial charge >= 0.3 is 6.09 Å². The molecule has 152 valence electrons. The minimum absolute atomic E-state index is 0.246. The lowest BCUT2D eigenvalue weighted by Crippen LogP contribution is -2.36. The van der Waals surface area contributed by atoms with Crippen LogP contribution in [0.25, 0.3) is 0 Å². The first-order chi connectivity index (χ1) is 13.2. The van der Waals surface area contributed by atoms with E-state index in [-0.39, 0.29) is 12.1 Å². The van der Waals surface area contributed by atoms with Gasteiger partial charge in [-0.3, -0.25) is 0 Å². The van der Waals surface area contributed by atoms with Crippen molar-refractivity contribution in [3.8, 4) is 0 Å². The van der Waals surface area contributed by atoms with Gasteiger partial charge in [-0.1, -0.05) is 77.8 Å². The summed E-state index contributed by atoms with van der Waals surface area (Å²) in [5.74, 6) is 0.519. The van der Waals surface area contributed by atoms with Crippen LogP contribution in [0.2, 0.25) is 0 Å². The first kappa shape index (κ1) is 25.0. The summed E-state index contributed by atoms with van der Waals surface area (Å²) in [5, 5.41) is 2.97. The minimum atomic E-state index is -0.373. The summed E-state index contributed by atoms with van der Waals surface area (Å²) in [5.41, 5.74) is 2.27. The van der Waals surface area contributed by atoms with Crippen LogP contribution >= 0.6 is 0 Å². The molecule has 0 aromatic carbocycles. The zero-order valence-corrected chi connectivity index (χ0v) is 18.0. The van der Waals surface area contributed by atoms with Gasteiger partial charge in [0.05, 0.1) is 0 Å². The molecule has 0 aliphatic heterocycles. The Kier molecular flexibility index (Phi) is 15.0. The molecule has 3 nitrogen and oxygen atoms in total. The van der Waals surface area contributed by atoms with E-state index in [0.29, 0.717) is 5.76 Å². The highest BCUT2D eigenvalue weighted by Crippen LogP contribution is 2.20. The molecule has 2 aliphatic carbocycles. The van der Waals surface area contributed by atoms with Crippen LogP contribution in [-0.4, -0.2) is 12.1 Å². The summed E-state index contributed by atoms with van der Waals surface area (Å²) < 4.78 is 5.47. The summed E-state index contributed by atoms with van der Waals surface area (Å²) >= 11 is 0. The maximum atomic E-state index is 12.1. The van der Waals surface area contributed by atoms with Gasteiger partial charge in [0.15, 0.2) is 0 Å². The standard InChI is InChI=1S/C20H27NO2.2C2H6/c1-3-10-19(15-16(2)17-11-6-4-7-12-17)23-20(22)21-18-13-8-5-9-14-18;2*1-2/h3,6,10-12,15,18H,1,4-5,7-9,13-14H2,2H3,(H,21,22);2*1-2H3/b16-15+,19-10+;;. The van der Waals surface area contributed by atoms with Crippen molar-refractivity contribution < 1.29 is 9.53 Å². The van der Waals surface area contributed by atoms with Crippen molar-refractivity contribution in [3.63, 3.8) is 0 Å². The lowest BCUT2D eigenvalue weighted by molar-refractivity contribution is 0.171. The fourth-order valence-corrected chi connectivity index (χ4v) is 2.98. The molecule has 0 atom stereocenters. The number of rotatable bonds is 5. The maximum absolute atomic E-state index is 12.1. The smallest absolute Gasteiger partial charge is 0.410 e. The Bertz CT molecular complexity index is 547. The molecule has 0 aromatic heterocycles. The first-order valence-corrected chi connectivity index (χ1v) is 10.6. The zero-order chi connectivity index (χ0) is 20.5. The Morgan fingerprint density at radius 3 is 2.37 bits per heavy atom. The predicted molar refractivity (Wildman–Crippen MR) is 118 cm³/mol. The molecular weight excluding hydrogens is 334 g/mol. The lowest BCUT2D eigenvalue weighted by Gasteiger charge is -2.22. The highest BCUT2D eigenvalue weighted by atomic mass is 16.6. The number of carbonyl (C=O) groups excluding carboxylic acids is 1. The molecule has 3 heteroatoms. The number of allylic oxidation sites excluding steroid dienone is 8. The van der Waals surface area contributed by atoms with Gasteiger partial charge in [-0.2, -0.15) is 0 Å². The molecule has 0 saturated heterocycles. The van der Waals surface area contributed by atoms with Crippen LogP contribution in [0.4, 0.5) is 4.79 Å². The molecule has 2 aliphatic rings. The van der Waals surface area contributed by atoms with E-state index in [1.807, 2.05) is 40.7 Å². The SMILES string of the molecule is C=C/C=C(\C=C(/C)C1=CCCC=C1)OC(=O)NC1CCCCC1.CC.CC. The fourth-order valence-electron chi connectivity index (χ4n) is 2.98. The van der Waals surface area contributed by atoms with Gasteiger partial charge < -0.3 is 10.1 Å². The highest BCUT2D eigenvalue weighted by Gasteiger charge is 2.17. The van der Waals surface area contributed by atoms with Gasteiger partial charge in [0.2, 0.25) is 0 Å². The van der Waals surface area contributed by atoms with Crippen molar-refractivity contribution in [2.45, 2.75) is 85.6 Å². The Morgan fingerprint density at radius 1 is 1.15 bits per heavy atom. The molecule has 0 spiro atoms. The van der Waals surface area contributed by atoms with E-state index in [0.717, 1.165) is 31.3 Å². The van der Waals surface area contributed by atoms with Crippen molar-refractivity contribution in [2.75, 3.05) is 0 Å². The molecule has 1 fully saturated rings. The summed E-state index contributed by atoms with van der Waals surface area (Å²) in [7, 11) is 0. The van der Waals surface area contributed by atoms with Crippen LogP contribution in [-0.2, 0) is 4.74 Å². The van der Waals surface area contributed by atoms with Crippen molar-refractivity contribution in [1.82, 2.24) is 5.32 Å². The van der Waals surface area contributed by atoms with Gasteiger partial charge in [-0.25, -0.2) is 4.79 Å². The average Bonchev–Trinajstić information content (AvgIpc) is 2.72. The largest absolute Gasteiger partial charge is 0.412 e. The Morgan fingerprint density at radius 2 is 1.81 bits per heavy atom. The number of hydrogen-bond donors (Lipinski definition) is 1. The summed E-state index contributed by atoms with van der Waals surface area (Å²) in [6.07, 6.45) is 19.2. The van der Waals surface area contributed by atoms with Crippen LogP contribution in [0, 0.1) is 0 Å². The van der Waals surface area contributed by atoms with E-state index in [2.05, 4.69) is 30.1 Å². The van der Waals surface area contributed by atoms with Crippen molar-refractivity contribution >= 4 is 6.09 Å². The molecule has 1 saturated carbocycles. The molecule has 2 rings (SSSR count). The number of carbonyl (C=O) groups is 1. The van der Waals surface area contributed by atoms with Crippen molar-refractivity contribution in [2.24, 2.45) is 0 Å². The van der Waals surface area contributed by atoms with Gasteiger partial charge in [0, 0.05) is 6.04 Å². The zero-order valence-electron chi connectivity index (χ0n) is 18.0. The number of nitrogens with one attached hydrogen (secondary N) is 1. The summed E-state index contributed by atoms with van der Waals surface area (Å²) in [6, 6.07) is 0.246. The quantitative estimate of drug-likeness (QED) is 0.403. The highest BCUT2D eigenvalue weighted by molar-refractivity contribution is 5.69. The summed E-state index contributed by atoms with van der Waals surface area (Å²) in [4.78, 5) is 12.1. The van der Waals surface area contributed by atoms with Crippen LogP contribution < -0.4 is 5.32 Å². The second kappa shape index (κ2) is 16.2. The molecule has 0 bridgehead atoms. The molecule has 27 heavy (non-hydrogen) atoms. The van der Waals surface area contributed by atoms with Crippen LogP contribution in [0.5, 0.6) is 0 Å². The van der Waals surface area contributed by atoms with E-state index >= 15 is 0 Å². The van der Waals surface area contributed by atoms with E-state index < -0.39 is 0 Å². The number of amides is 1.